The fourth-order valence-electron chi connectivity index (χ4n) is 4.34. The molecule has 0 aromatic heterocycles. The Kier molecular flexibility index (Phi) is 12.4. The fourth-order valence-corrected chi connectivity index (χ4v) is 4.70. The Labute approximate surface area is 240 Å². The molecule has 0 saturated heterocycles. The molecule has 0 fully saturated rings. The fraction of sp³-hybridized carbons (Fsp3) is 0.500. The van der Waals surface area contributed by atoms with E-state index in [0.29, 0.717) is 25.7 Å². The third kappa shape index (κ3) is 8.59. The average Bonchev–Trinajstić information content (AvgIpc) is 2.95. The third-order valence-corrected chi connectivity index (χ3v) is 7.18. The van der Waals surface area contributed by atoms with Gasteiger partial charge >= 0.3 is 11.9 Å². The minimum absolute atomic E-state index is 0.185. The van der Waals surface area contributed by atoms with E-state index in [0.717, 1.165) is 63.2 Å². The summed E-state index contributed by atoms with van der Waals surface area (Å²) in [6, 6.07) is 13.9. The van der Waals surface area contributed by atoms with Gasteiger partial charge in [0.15, 0.2) is 0 Å². The molecule has 0 aliphatic carbocycles. The summed E-state index contributed by atoms with van der Waals surface area (Å²) in [7, 11) is 0. The van der Waals surface area contributed by atoms with Crippen LogP contribution in [0.2, 0.25) is 0 Å². The van der Waals surface area contributed by atoms with Gasteiger partial charge in [0.05, 0.1) is 0 Å². The number of fused-ring (bicyclic) bond motifs is 2. The SMILES string of the molecule is CCCCC(=O)OC(CC)COc1c2ccccc2c(OCC(CC)OC(=O)CCCC)c2cc(Br)ccc12. The van der Waals surface area contributed by atoms with E-state index in [1.807, 2.05) is 56.3 Å². The van der Waals surface area contributed by atoms with Gasteiger partial charge in [0.2, 0.25) is 0 Å². The lowest BCUT2D eigenvalue weighted by Crippen LogP contribution is -2.25. The van der Waals surface area contributed by atoms with Crippen LogP contribution >= 0.6 is 15.9 Å². The Morgan fingerprint density at radius 2 is 1.15 bits per heavy atom. The molecular formula is C32H41BrO6. The second-order valence-corrected chi connectivity index (χ2v) is 10.7. The van der Waals surface area contributed by atoms with E-state index in [9.17, 15) is 9.59 Å². The highest BCUT2D eigenvalue weighted by atomic mass is 79.9. The summed E-state index contributed by atoms with van der Waals surface area (Å²) in [4.78, 5) is 24.5. The molecule has 7 heteroatoms. The highest BCUT2D eigenvalue weighted by Gasteiger charge is 2.21. The zero-order valence-electron chi connectivity index (χ0n) is 23.6. The molecule has 0 N–H and O–H groups in total. The van der Waals surface area contributed by atoms with Crippen molar-refractivity contribution in [1.82, 2.24) is 0 Å². The average molecular weight is 602 g/mol. The number of hydrogen-bond acceptors (Lipinski definition) is 6. The van der Waals surface area contributed by atoms with Gasteiger partial charge in [-0.2, -0.15) is 0 Å². The highest BCUT2D eigenvalue weighted by Crippen LogP contribution is 2.44. The number of hydrogen-bond donors (Lipinski definition) is 0. The van der Waals surface area contributed by atoms with E-state index >= 15 is 0 Å². The van der Waals surface area contributed by atoms with E-state index in [2.05, 4.69) is 29.8 Å². The van der Waals surface area contributed by atoms with Crippen LogP contribution in [0.3, 0.4) is 0 Å². The van der Waals surface area contributed by atoms with E-state index < -0.39 is 0 Å². The van der Waals surface area contributed by atoms with Crippen LogP contribution < -0.4 is 9.47 Å². The molecule has 39 heavy (non-hydrogen) atoms. The Balaban J connectivity index is 1.91. The van der Waals surface area contributed by atoms with Gasteiger partial charge in [0, 0.05) is 38.9 Å². The number of esters is 2. The van der Waals surface area contributed by atoms with Crippen molar-refractivity contribution in [3.8, 4) is 11.5 Å². The lowest BCUT2D eigenvalue weighted by Gasteiger charge is -2.22. The standard InChI is InChI=1S/C32H41BrO6/c1-5-9-15-29(34)38-23(7-3)20-36-31-25-13-11-12-14-26(25)32(28-19-22(33)17-18-27(28)31)37-21-24(8-4)39-30(35)16-10-6-2/h11-14,17-19,23-24H,5-10,15-16,20-21H2,1-4H3. The Morgan fingerprint density at radius 3 is 1.62 bits per heavy atom. The Hall–Kier alpha value is -2.80. The van der Waals surface area contributed by atoms with E-state index in [-0.39, 0.29) is 37.4 Å². The smallest absolute Gasteiger partial charge is 0.306 e. The second kappa shape index (κ2) is 15.7. The predicted molar refractivity (Wildman–Crippen MR) is 160 cm³/mol. The molecule has 2 atom stereocenters. The van der Waals surface area contributed by atoms with Crippen molar-refractivity contribution < 1.29 is 28.5 Å². The van der Waals surface area contributed by atoms with Crippen LogP contribution in [-0.2, 0) is 19.1 Å². The van der Waals surface area contributed by atoms with E-state index in [1.165, 1.54) is 0 Å². The first kappa shape index (κ1) is 30.7. The van der Waals surface area contributed by atoms with E-state index in [4.69, 9.17) is 18.9 Å². The Bertz CT molecular complexity index is 1240. The number of carbonyl (C=O) groups is 2. The molecule has 0 aliphatic rings. The van der Waals surface area contributed by atoms with Crippen LogP contribution in [0.1, 0.15) is 79.1 Å². The molecule has 0 aliphatic heterocycles. The third-order valence-electron chi connectivity index (χ3n) is 6.69. The molecule has 6 nitrogen and oxygen atoms in total. The van der Waals surface area contributed by atoms with Crippen molar-refractivity contribution in [3.05, 3.63) is 46.9 Å². The maximum atomic E-state index is 12.2. The molecule has 0 heterocycles. The molecule has 3 aromatic carbocycles. The van der Waals surface area contributed by atoms with Crippen LogP contribution in [0.15, 0.2) is 46.9 Å². The predicted octanol–water partition coefficient (Wildman–Crippen LogP) is 8.54. The van der Waals surface area contributed by atoms with Gasteiger partial charge in [0.1, 0.15) is 36.9 Å². The van der Waals surface area contributed by atoms with Gasteiger partial charge in [-0.05, 0) is 43.9 Å². The minimum Gasteiger partial charge on any atom is -0.488 e. The van der Waals surface area contributed by atoms with Crippen molar-refractivity contribution >= 4 is 49.4 Å². The summed E-state index contributed by atoms with van der Waals surface area (Å²) < 4.78 is 25.1. The molecule has 212 valence electrons. The van der Waals surface area contributed by atoms with Crippen molar-refractivity contribution in [2.75, 3.05) is 13.2 Å². The minimum atomic E-state index is -0.334. The molecule has 0 spiro atoms. The molecule has 0 amide bonds. The number of benzene rings is 3. The number of rotatable bonds is 16. The van der Waals surface area contributed by atoms with Crippen molar-refractivity contribution in [1.29, 1.82) is 0 Å². The van der Waals surface area contributed by atoms with Crippen LogP contribution in [0, 0.1) is 0 Å². The van der Waals surface area contributed by atoms with Crippen LogP contribution in [-0.4, -0.2) is 37.4 Å². The van der Waals surface area contributed by atoms with Gasteiger partial charge in [-0.3, -0.25) is 9.59 Å². The van der Waals surface area contributed by atoms with Crippen molar-refractivity contribution in [2.45, 2.75) is 91.3 Å². The summed E-state index contributed by atoms with van der Waals surface area (Å²) in [6.45, 7) is 8.60. The largest absolute Gasteiger partial charge is 0.488 e. The molecule has 2 unspecified atom stereocenters. The van der Waals surface area contributed by atoms with Gasteiger partial charge in [-0.25, -0.2) is 0 Å². The topological polar surface area (TPSA) is 71.1 Å². The lowest BCUT2D eigenvalue weighted by atomic mass is 10.0. The van der Waals surface area contributed by atoms with Crippen molar-refractivity contribution in [3.63, 3.8) is 0 Å². The summed E-state index contributed by atoms with van der Waals surface area (Å²) in [5.74, 6) is 1.07. The molecule has 3 aromatic rings. The molecule has 0 radical (unpaired) electrons. The molecular weight excluding hydrogens is 560 g/mol. The number of ether oxygens (including phenoxy) is 4. The maximum Gasteiger partial charge on any atom is 0.306 e. The summed E-state index contributed by atoms with van der Waals surface area (Å²) in [6.07, 6.45) is 5.03. The summed E-state index contributed by atoms with van der Waals surface area (Å²) in [5, 5.41) is 3.59. The first-order valence-electron chi connectivity index (χ1n) is 14.2. The van der Waals surface area contributed by atoms with Gasteiger partial charge < -0.3 is 18.9 Å². The van der Waals surface area contributed by atoms with Gasteiger partial charge in [0.25, 0.3) is 0 Å². The zero-order chi connectivity index (χ0) is 28.2. The highest BCUT2D eigenvalue weighted by molar-refractivity contribution is 9.10. The normalized spacial score (nSPS) is 12.7. The molecule has 0 saturated carbocycles. The van der Waals surface area contributed by atoms with Gasteiger partial charge in [-0.1, -0.05) is 80.7 Å². The van der Waals surface area contributed by atoms with Crippen LogP contribution in [0.25, 0.3) is 21.5 Å². The monoisotopic (exact) mass is 600 g/mol. The first-order chi connectivity index (χ1) is 18.9. The summed E-state index contributed by atoms with van der Waals surface area (Å²) in [5.41, 5.74) is 0. The number of halogens is 1. The van der Waals surface area contributed by atoms with Crippen LogP contribution in [0.4, 0.5) is 0 Å². The van der Waals surface area contributed by atoms with E-state index in [1.54, 1.807) is 0 Å². The zero-order valence-corrected chi connectivity index (χ0v) is 25.2. The molecule has 0 bridgehead atoms. The van der Waals surface area contributed by atoms with Crippen molar-refractivity contribution in [2.24, 2.45) is 0 Å². The Morgan fingerprint density at radius 1 is 0.692 bits per heavy atom. The summed E-state index contributed by atoms with van der Waals surface area (Å²) >= 11 is 3.60. The van der Waals surface area contributed by atoms with Gasteiger partial charge in [-0.15, -0.1) is 0 Å². The molecule has 3 rings (SSSR count). The number of unbranched alkanes of at least 4 members (excludes halogenated alkanes) is 2. The number of carbonyl (C=O) groups excluding carboxylic acids is 2. The quantitative estimate of drug-likeness (QED) is 0.121. The second-order valence-electron chi connectivity index (χ2n) is 9.76. The maximum absolute atomic E-state index is 12.2. The first-order valence-corrected chi connectivity index (χ1v) is 15.0. The lowest BCUT2D eigenvalue weighted by molar-refractivity contribution is -0.151. The van der Waals surface area contributed by atoms with Crippen LogP contribution in [0.5, 0.6) is 11.5 Å².